The second-order valence-corrected chi connectivity index (χ2v) is 8.06. The van der Waals surface area contributed by atoms with Crippen LogP contribution in [0.25, 0.3) is 0 Å². The van der Waals surface area contributed by atoms with Gasteiger partial charge in [-0.3, -0.25) is 0 Å². The third-order valence-electron chi connectivity index (χ3n) is 5.06. The average molecular weight is 428 g/mol. The van der Waals surface area contributed by atoms with E-state index in [4.69, 9.17) is 5.48 Å². The molecule has 0 aliphatic heterocycles. The number of hydrogen-bond acceptors (Lipinski definition) is 0. The van der Waals surface area contributed by atoms with Crippen molar-refractivity contribution in [1.29, 1.82) is 0 Å². The van der Waals surface area contributed by atoms with Crippen LogP contribution in [0.5, 0.6) is 0 Å². The average Bonchev–Trinajstić information content (AvgIpc) is 2.59. The highest BCUT2D eigenvalue weighted by Crippen LogP contribution is 2.38. The van der Waals surface area contributed by atoms with Crippen LogP contribution in [0, 0.1) is 17.7 Å². The summed E-state index contributed by atoms with van der Waals surface area (Å²) in [5.41, 5.74) is 0. The topological polar surface area (TPSA) is 0 Å². The Labute approximate surface area is 154 Å². The third-order valence-corrected chi connectivity index (χ3v) is 6.20. The van der Waals surface area contributed by atoms with Crippen molar-refractivity contribution in [3.8, 4) is 0 Å². The van der Waals surface area contributed by atoms with Crippen LogP contribution < -0.4 is 0 Å². The summed E-state index contributed by atoms with van der Waals surface area (Å²) in [6.07, 6.45) is 5.22. The Morgan fingerprint density at radius 1 is 1.18 bits per heavy atom. The first-order chi connectivity index (χ1) is 12.0. The van der Waals surface area contributed by atoms with Crippen LogP contribution in [0.15, 0.2) is 11.9 Å². The lowest BCUT2D eigenvalue weighted by atomic mass is 9.76. The second kappa shape index (κ2) is 9.58. The monoisotopic (exact) mass is 428 g/mol. The van der Waals surface area contributed by atoms with Crippen molar-refractivity contribution in [3.05, 3.63) is 11.9 Å². The van der Waals surface area contributed by atoms with Gasteiger partial charge in [0.25, 0.3) is 0 Å². The molecule has 2 aliphatic rings. The molecule has 0 saturated heterocycles. The predicted octanol–water partition coefficient (Wildman–Crippen LogP) is 7.17. The minimum Gasteiger partial charge on any atom is -0.246 e. The molecule has 0 aromatic carbocycles. The van der Waals surface area contributed by atoms with E-state index >= 15 is 0 Å². The van der Waals surface area contributed by atoms with Crippen molar-refractivity contribution in [2.45, 2.75) is 87.6 Å². The van der Waals surface area contributed by atoms with Gasteiger partial charge in [-0.2, -0.15) is 0 Å². The molecule has 0 spiro atoms. The van der Waals surface area contributed by atoms with E-state index in [-0.39, 0.29) is 6.42 Å². The van der Waals surface area contributed by atoms with Gasteiger partial charge < -0.3 is 0 Å². The molecule has 0 aromatic rings. The first kappa shape index (κ1) is 13.6. The number of alkyl halides is 2. The maximum absolute atomic E-state index is 14.6. The molecule has 0 bridgehead atoms. The van der Waals surface area contributed by atoms with E-state index in [0.717, 1.165) is 37.7 Å². The van der Waals surface area contributed by atoms with E-state index in [1.807, 2.05) is 0 Å². The summed E-state index contributed by atoms with van der Waals surface area (Å²) in [5.74, 6) is -1.74. The SMILES string of the molecule is [2H]C1(CCC2CCC(CCCCC)CC2)C=C(F)C(I)C([2H])(F)C1([2H])[2H]. The lowest BCUT2D eigenvalue weighted by Crippen LogP contribution is -2.25. The van der Waals surface area contributed by atoms with E-state index in [0.29, 0.717) is 12.3 Å². The van der Waals surface area contributed by atoms with Crippen LogP contribution in [0.4, 0.5) is 8.78 Å². The molecule has 2 aliphatic carbocycles. The van der Waals surface area contributed by atoms with Gasteiger partial charge in [0.2, 0.25) is 0 Å². The maximum Gasteiger partial charge on any atom is 0.119 e. The molecule has 3 heteroatoms. The van der Waals surface area contributed by atoms with E-state index in [2.05, 4.69) is 6.92 Å². The van der Waals surface area contributed by atoms with Crippen molar-refractivity contribution in [1.82, 2.24) is 0 Å². The van der Waals surface area contributed by atoms with Crippen LogP contribution in [0.2, 0.25) is 0 Å². The summed E-state index contributed by atoms with van der Waals surface area (Å²) < 4.78 is 59.4. The molecule has 0 aromatic heterocycles. The van der Waals surface area contributed by atoms with Gasteiger partial charge in [-0.1, -0.05) is 80.9 Å². The second-order valence-electron chi connectivity index (χ2n) is 6.81. The molecule has 0 heterocycles. The number of allylic oxidation sites excluding steroid dienone is 2. The summed E-state index contributed by atoms with van der Waals surface area (Å²) in [5, 5.41) is 0. The predicted molar refractivity (Wildman–Crippen MR) is 98.8 cm³/mol. The highest BCUT2D eigenvalue weighted by atomic mass is 127. The molecule has 2 rings (SSSR count). The minimum absolute atomic E-state index is 0.0620. The normalized spacial score (nSPS) is 47.8. The summed E-state index contributed by atoms with van der Waals surface area (Å²) in [6.45, 7) is 2.21. The number of halogens is 3. The fraction of sp³-hybridized carbons (Fsp3) is 0.895. The van der Waals surface area contributed by atoms with Crippen LogP contribution in [0.1, 0.15) is 83.0 Å². The van der Waals surface area contributed by atoms with Crippen LogP contribution in [-0.2, 0) is 0 Å². The molecule has 1 saturated carbocycles. The standard InChI is InChI=1S/C19H31F2I/c1-2-3-4-5-14-6-8-15(9-7-14)10-11-16-12-17(20)19(22)18(21)13-16/h12,14-16,18-19H,2-11,13H2,1H3/i13D2,16D,18D. The molecule has 3 unspecified atom stereocenters. The molecule has 128 valence electrons. The summed E-state index contributed by atoms with van der Waals surface area (Å²) in [7, 11) is 0. The Morgan fingerprint density at radius 3 is 2.45 bits per heavy atom. The smallest absolute Gasteiger partial charge is 0.119 e. The van der Waals surface area contributed by atoms with Gasteiger partial charge >= 0.3 is 0 Å². The summed E-state index contributed by atoms with van der Waals surface area (Å²) in [4.78, 5) is 0. The zero-order chi connectivity index (χ0) is 19.6. The zero-order valence-corrected chi connectivity index (χ0v) is 15.7. The van der Waals surface area contributed by atoms with Gasteiger partial charge in [0.15, 0.2) is 0 Å². The van der Waals surface area contributed by atoms with Gasteiger partial charge in [0, 0.05) is 4.11 Å². The van der Waals surface area contributed by atoms with Crippen molar-refractivity contribution < 1.29 is 14.3 Å². The Bertz CT molecular complexity index is 504. The van der Waals surface area contributed by atoms with Gasteiger partial charge in [0.1, 0.15) is 12.0 Å². The van der Waals surface area contributed by atoms with E-state index < -0.39 is 28.2 Å². The van der Waals surface area contributed by atoms with E-state index in [9.17, 15) is 8.78 Å². The van der Waals surface area contributed by atoms with Gasteiger partial charge in [0.05, 0.1) is 5.30 Å². The van der Waals surface area contributed by atoms with Crippen LogP contribution in [-0.4, -0.2) is 10.1 Å². The molecular weight excluding hydrogens is 393 g/mol. The van der Waals surface area contributed by atoms with Crippen LogP contribution in [0.3, 0.4) is 0 Å². The Kier molecular flexibility index (Phi) is 5.93. The highest BCUT2D eigenvalue weighted by Gasteiger charge is 2.31. The quantitative estimate of drug-likeness (QED) is 0.229. The molecule has 0 nitrogen and oxygen atoms in total. The molecule has 0 radical (unpaired) electrons. The highest BCUT2D eigenvalue weighted by molar-refractivity contribution is 14.1. The largest absolute Gasteiger partial charge is 0.246 e. The lowest BCUT2D eigenvalue weighted by Gasteiger charge is -2.30. The molecule has 3 atom stereocenters. The maximum atomic E-state index is 14.6. The molecule has 0 amide bonds. The molecule has 1 fully saturated rings. The fourth-order valence-electron chi connectivity index (χ4n) is 3.60. The van der Waals surface area contributed by atoms with Gasteiger partial charge in [-0.25, -0.2) is 8.78 Å². The van der Waals surface area contributed by atoms with E-state index in [1.54, 1.807) is 0 Å². The molecule has 0 N–H and O–H groups in total. The van der Waals surface area contributed by atoms with Gasteiger partial charge in [-0.05, 0) is 43.0 Å². The van der Waals surface area contributed by atoms with Crippen LogP contribution >= 0.6 is 22.6 Å². The Balaban J connectivity index is 1.93. The molecular formula is C19H31F2I. The van der Waals surface area contributed by atoms with Crippen molar-refractivity contribution in [2.75, 3.05) is 0 Å². The van der Waals surface area contributed by atoms with E-state index in [1.165, 1.54) is 48.3 Å². The number of unbranched alkanes of at least 4 members (excludes halogenated alkanes) is 2. The minimum atomic E-state index is -3.13. The third kappa shape index (κ3) is 5.76. The fourth-order valence-corrected chi connectivity index (χ4v) is 3.94. The Morgan fingerprint density at radius 2 is 1.82 bits per heavy atom. The number of rotatable bonds is 7. The van der Waals surface area contributed by atoms with Crippen molar-refractivity contribution in [3.63, 3.8) is 0 Å². The first-order valence-electron chi connectivity index (χ1n) is 10.8. The number of hydrogen-bond donors (Lipinski definition) is 0. The summed E-state index contributed by atoms with van der Waals surface area (Å²) in [6, 6.07) is 0. The van der Waals surface area contributed by atoms with Crippen molar-refractivity contribution in [2.24, 2.45) is 17.7 Å². The lowest BCUT2D eigenvalue weighted by molar-refractivity contribution is 0.222. The van der Waals surface area contributed by atoms with Gasteiger partial charge in [-0.15, -0.1) is 0 Å². The Hall–Kier alpha value is 0.330. The first-order valence-corrected chi connectivity index (χ1v) is 10.0. The van der Waals surface area contributed by atoms with Crippen molar-refractivity contribution >= 4 is 22.6 Å². The zero-order valence-electron chi connectivity index (χ0n) is 17.5. The summed E-state index contributed by atoms with van der Waals surface area (Å²) >= 11 is 1.43. The molecule has 22 heavy (non-hydrogen) atoms.